The Morgan fingerprint density at radius 2 is 1.95 bits per heavy atom. The molecule has 1 aliphatic carbocycles. The Morgan fingerprint density at radius 3 is 2.52 bits per heavy atom. The summed E-state index contributed by atoms with van der Waals surface area (Å²) < 4.78 is 0.881. The third kappa shape index (κ3) is 4.06. The van der Waals surface area contributed by atoms with Gasteiger partial charge in [0, 0.05) is 10.0 Å². The summed E-state index contributed by atoms with van der Waals surface area (Å²) in [5, 5.41) is 12.1. The van der Waals surface area contributed by atoms with E-state index >= 15 is 0 Å². The highest BCUT2D eigenvalue weighted by molar-refractivity contribution is 9.10. The average Bonchev–Trinajstić information content (AvgIpc) is 2.41. The quantitative estimate of drug-likeness (QED) is 0.867. The van der Waals surface area contributed by atoms with Crippen LogP contribution in [0.3, 0.4) is 0 Å². The van der Waals surface area contributed by atoms with E-state index in [0.717, 1.165) is 42.1 Å². The molecule has 0 aliphatic heterocycles. The number of benzene rings is 1. The first-order chi connectivity index (χ1) is 9.92. The summed E-state index contributed by atoms with van der Waals surface area (Å²) in [5.41, 5.74) is 1.02. The van der Waals surface area contributed by atoms with Gasteiger partial charge in [-0.3, -0.25) is 9.59 Å². The molecule has 0 spiro atoms. The number of hydrogen-bond donors (Lipinski definition) is 2. The van der Waals surface area contributed by atoms with Gasteiger partial charge in [0.05, 0.1) is 12.0 Å². The van der Waals surface area contributed by atoms with Crippen molar-refractivity contribution in [2.24, 2.45) is 0 Å². The zero-order chi connectivity index (χ0) is 15.5. The van der Waals surface area contributed by atoms with Crippen LogP contribution in [0.1, 0.15) is 54.4 Å². The molecule has 0 atom stereocenters. The largest absolute Gasteiger partial charge is 0.481 e. The molecule has 1 amide bonds. The van der Waals surface area contributed by atoms with E-state index in [1.807, 2.05) is 13.0 Å². The Morgan fingerprint density at radius 1 is 1.29 bits per heavy atom. The van der Waals surface area contributed by atoms with E-state index in [-0.39, 0.29) is 12.3 Å². The second kappa shape index (κ2) is 6.60. The van der Waals surface area contributed by atoms with Crippen LogP contribution in [0.25, 0.3) is 0 Å². The fourth-order valence-electron chi connectivity index (χ4n) is 2.91. The van der Waals surface area contributed by atoms with Gasteiger partial charge in [0.2, 0.25) is 0 Å². The minimum atomic E-state index is -0.859. The lowest BCUT2D eigenvalue weighted by Crippen LogP contribution is -2.51. The Kier molecular flexibility index (Phi) is 5.04. The summed E-state index contributed by atoms with van der Waals surface area (Å²) in [5.74, 6) is -1.05. The zero-order valence-electron chi connectivity index (χ0n) is 12.1. The summed E-state index contributed by atoms with van der Waals surface area (Å²) in [6.45, 7) is 1.96. The number of hydrogen-bond acceptors (Lipinski definition) is 2. The number of carboxylic acids is 1. The van der Waals surface area contributed by atoms with Gasteiger partial charge in [-0.1, -0.05) is 41.3 Å². The van der Waals surface area contributed by atoms with E-state index in [1.54, 1.807) is 12.1 Å². The first-order valence-corrected chi connectivity index (χ1v) is 8.02. The Hall–Kier alpha value is -1.36. The van der Waals surface area contributed by atoms with Crippen LogP contribution in [0.4, 0.5) is 0 Å². The first kappa shape index (κ1) is 16.0. The number of aliphatic carboxylic acids is 1. The van der Waals surface area contributed by atoms with Crippen molar-refractivity contribution >= 4 is 27.8 Å². The van der Waals surface area contributed by atoms with E-state index in [0.29, 0.717) is 5.56 Å². The SMILES string of the molecule is Cc1ccc(C(=O)NC2(CC(=O)O)CCCCC2)cc1Br. The molecule has 0 aromatic heterocycles. The molecule has 0 radical (unpaired) electrons. The molecule has 0 heterocycles. The van der Waals surface area contributed by atoms with Crippen LogP contribution >= 0.6 is 15.9 Å². The van der Waals surface area contributed by atoms with E-state index < -0.39 is 11.5 Å². The van der Waals surface area contributed by atoms with E-state index in [2.05, 4.69) is 21.2 Å². The Bertz CT molecular complexity index is 550. The lowest BCUT2D eigenvalue weighted by atomic mass is 9.79. The van der Waals surface area contributed by atoms with Crippen molar-refractivity contribution in [3.63, 3.8) is 0 Å². The van der Waals surface area contributed by atoms with Crippen LogP contribution in [0.2, 0.25) is 0 Å². The summed E-state index contributed by atoms with van der Waals surface area (Å²) in [6.07, 6.45) is 4.49. The van der Waals surface area contributed by atoms with Gasteiger partial charge in [-0.05, 0) is 37.5 Å². The number of amides is 1. The molecule has 1 fully saturated rings. The standard InChI is InChI=1S/C16H20BrNO3/c1-11-5-6-12(9-13(11)17)15(21)18-16(10-14(19)20)7-3-2-4-8-16/h5-6,9H,2-4,7-8,10H2,1H3,(H,18,21)(H,19,20). The van der Waals surface area contributed by atoms with E-state index in [1.165, 1.54) is 0 Å². The minimum Gasteiger partial charge on any atom is -0.481 e. The maximum absolute atomic E-state index is 12.4. The molecule has 114 valence electrons. The van der Waals surface area contributed by atoms with Crippen molar-refractivity contribution < 1.29 is 14.7 Å². The number of nitrogens with one attached hydrogen (secondary N) is 1. The number of carboxylic acid groups (broad SMARTS) is 1. The molecule has 2 N–H and O–H groups in total. The molecular weight excluding hydrogens is 334 g/mol. The van der Waals surface area contributed by atoms with Gasteiger partial charge in [0.15, 0.2) is 0 Å². The maximum atomic E-state index is 12.4. The number of aryl methyl sites for hydroxylation is 1. The van der Waals surface area contributed by atoms with Gasteiger partial charge in [-0.25, -0.2) is 0 Å². The molecule has 0 bridgehead atoms. The number of carbonyl (C=O) groups is 2. The average molecular weight is 354 g/mol. The lowest BCUT2D eigenvalue weighted by molar-refractivity contribution is -0.139. The van der Waals surface area contributed by atoms with Crippen molar-refractivity contribution in [3.8, 4) is 0 Å². The van der Waals surface area contributed by atoms with Crippen LogP contribution in [-0.2, 0) is 4.79 Å². The maximum Gasteiger partial charge on any atom is 0.305 e. The molecule has 21 heavy (non-hydrogen) atoms. The van der Waals surface area contributed by atoms with Crippen molar-refractivity contribution in [1.82, 2.24) is 5.32 Å². The third-order valence-corrected chi connectivity index (χ3v) is 4.97. The highest BCUT2D eigenvalue weighted by atomic mass is 79.9. The second-order valence-corrected chi connectivity index (χ2v) is 6.68. The van der Waals surface area contributed by atoms with Crippen LogP contribution in [0, 0.1) is 6.92 Å². The van der Waals surface area contributed by atoms with Gasteiger partial charge in [0.1, 0.15) is 0 Å². The van der Waals surface area contributed by atoms with Gasteiger partial charge in [-0.2, -0.15) is 0 Å². The zero-order valence-corrected chi connectivity index (χ0v) is 13.7. The molecule has 4 nitrogen and oxygen atoms in total. The third-order valence-electron chi connectivity index (χ3n) is 4.11. The molecule has 5 heteroatoms. The molecule has 0 unspecified atom stereocenters. The molecule has 2 rings (SSSR count). The van der Waals surface area contributed by atoms with Crippen molar-refractivity contribution in [2.45, 2.75) is 51.0 Å². The van der Waals surface area contributed by atoms with Gasteiger partial charge in [0.25, 0.3) is 5.91 Å². The second-order valence-electron chi connectivity index (χ2n) is 5.83. The van der Waals surface area contributed by atoms with Crippen molar-refractivity contribution in [3.05, 3.63) is 33.8 Å². The molecule has 1 aromatic rings. The summed E-state index contributed by atoms with van der Waals surface area (Å²) in [4.78, 5) is 23.6. The highest BCUT2D eigenvalue weighted by Crippen LogP contribution is 2.31. The summed E-state index contributed by atoms with van der Waals surface area (Å²) in [7, 11) is 0. The predicted octanol–water partition coefficient (Wildman–Crippen LogP) is 3.66. The molecule has 1 saturated carbocycles. The fraction of sp³-hybridized carbons (Fsp3) is 0.500. The highest BCUT2D eigenvalue weighted by Gasteiger charge is 2.36. The van der Waals surface area contributed by atoms with Gasteiger partial charge < -0.3 is 10.4 Å². The van der Waals surface area contributed by atoms with E-state index in [4.69, 9.17) is 5.11 Å². The predicted molar refractivity (Wildman–Crippen MR) is 84.4 cm³/mol. The molecule has 1 aliphatic rings. The first-order valence-electron chi connectivity index (χ1n) is 7.22. The molecule has 1 aromatic carbocycles. The van der Waals surface area contributed by atoms with Crippen LogP contribution in [0.5, 0.6) is 0 Å². The van der Waals surface area contributed by atoms with E-state index in [9.17, 15) is 9.59 Å². The van der Waals surface area contributed by atoms with Crippen molar-refractivity contribution in [1.29, 1.82) is 0 Å². The Balaban J connectivity index is 2.17. The topological polar surface area (TPSA) is 66.4 Å². The van der Waals surface area contributed by atoms with Crippen LogP contribution in [-0.4, -0.2) is 22.5 Å². The Labute approximate surface area is 133 Å². The smallest absolute Gasteiger partial charge is 0.305 e. The van der Waals surface area contributed by atoms with Crippen LogP contribution in [0.15, 0.2) is 22.7 Å². The van der Waals surface area contributed by atoms with Crippen molar-refractivity contribution in [2.75, 3.05) is 0 Å². The monoisotopic (exact) mass is 353 g/mol. The number of halogens is 1. The minimum absolute atomic E-state index is 0.00816. The van der Waals surface area contributed by atoms with Gasteiger partial charge in [-0.15, -0.1) is 0 Å². The number of rotatable bonds is 4. The summed E-state index contributed by atoms with van der Waals surface area (Å²) >= 11 is 3.42. The van der Waals surface area contributed by atoms with Crippen LogP contribution < -0.4 is 5.32 Å². The molecule has 0 saturated heterocycles. The fourth-order valence-corrected chi connectivity index (χ4v) is 3.29. The molecular formula is C16H20BrNO3. The lowest BCUT2D eigenvalue weighted by Gasteiger charge is -2.37. The number of carbonyl (C=O) groups excluding carboxylic acids is 1. The summed E-state index contributed by atoms with van der Waals surface area (Å²) in [6, 6.07) is 5.43. The van der Waals surface area contributed by atoms with Gasteiger partial charge >= 0.3 is 5.97 Å². The normalized spacial score (nSPS) is 17.2.